The van der Waals surface area contributed by atoms with Gasteiger partial charge in [-0.1, -0.05) is 29.8 Å². The number of fused-ring (bicyclic) bond motifs is 1. The normalized spacial score (nSPS) is 15.4. The Morgan fingerprint density at radius 1 is 1.14 bits per heavy atom. The first-order valence-corrected chi connectivity index (χ1v) is 8.63. The van der Waals surface area contributed by atoms with E-state index in [1.165, 1.54) is 22.6 Å². The summed E-state index contributed by atoms with van der Waals surface area (Å²) < 4.78 is 27.3. The third-order valence-electron chi connectivity index (χ3n) is 3.60. The summed E-state index contributed by atoms with van der Waals surface area (Å²) >= 11 is 5.83. The van der Waals surface area contributed by atoms with Crippen molar-refractivity contribution >= 4 is 27.3 Å². The molecule has 3 rings (SSSR count). The van der Waals surface area contributed by atoms with Gasteiger partial charge in [0.15, 0.2) is 0 Å². The quantitative estimate of drug-likeness (QED) is 0.797. The van der Waals surface area contributed by atoms with Crippen molar-refractivity contribution in [3.05, 3.63) is 53.3 Å². The van der Waals surface area contributed by atoms with E-state index in [1.54, 1.807) is 0 Å². The molecule has 0 saturated carbocycles. The Morgan fingerprint density at radius 2 is 1.95 bits per heavy atom. The molecular formula is C15H15ClN2O2S. The lowest BCUT2D eigenvalue weighted by Gasteiger charge is -2.24. The molecule has 1 aliphatic rings. The molecule has 2 heterocycles. The van der Waals surface area contributed by atoms with Crippen LogP contribution in [0.15, 0.2) is 47.5 Å². The summed E-state index contributed by atoms with van der Waals surface area (Å²) in [5, 5.41) is 0.180. The van der Waals surface area contributed by atoms with Gasteiger partial charge in [0, 0.05) is 12.7 Å². The summed E-state index contributed by atoms with van der Waals surface area (Å²) in [6.07, 6.45) is 4.14. The molecule has 1 aromatic carbocycles. The van der Waals surface area contributed by atoms with Gasteiger partial charge in [-0.3, -0.25) is 4.31 Å². The van der Waals surface area contributed by atoms with E-state index in [0.29, 0.717) is 6.54 Å². The van der Waals surface area contributed by atoms with Gasteiger partial charge in [0.05, 0.1) is 10.6 Å². The van der Waals surface area contributed by atoms with Crippen molar-refractivity contribution in [1.29, 1.82) is 0 Å². The zero-order chi connectivity index (χ0) is 14.9. The summed E-state index contributed by atoms with van der Waals surface area (Å²) in [5.41, 5.74) is 1.83. The van der Waals surface area contributed by atoms with E-state index in [0.717, 1.165) is 30.5 Å². The van der Waals surface area contributed by atoms with Crippen LogP contribution in [0.4, 0.5) is 5.69 Å². The van der Waals surface area contributed by atoms with Crippen molar-refractivity contribution in [2.75, 3.05) is 10.8 Å². The Morgan fingerprint density at radius 3 is 2.76 bits per heavy atom. The Balaban J connectivity index is 2.11. The first-order valence-electron chi connectivity index (χ1n) is 6.81. The highest BCUT2D eigenvalue weighted by Gasteiger charge is 2.28. The molecule has 1 aliphatic heterocycles. The molecule has 0 saturated heterocycles. The highest BCUT2D eigenvalue weighted by atomic mass is 35.5. The zero-order valence-corrected chi connectivity index (χ0v) is 12.9. The molecule has 0 N–H and O–H groups in total. The fourth-order valence-corrected chi connectivity index (χ4v) is 4.37. The predicted molar refractivity (Wildman–Crippen MR) is 83.2 cm³/mol. The molecule has 0 radical (unpaired) electrons. The lowest BCUT2D eigenvalue weighted by Crippen LogP contribution is -2.31. The fourth-order valence-electron chi connectivity index (χ4n) is 2.58. The Bertz CT molecular complexity index is 762. The molecular weight excluding hydrogens is 308 g/mol. The van der Waals surface area contributed by atoms with Crippen LogP contribution in [-0.2, 0) is 16.4 Å². The number of benzene rings is 1. The minimum absolute atomic E-state index is 0.180. The van der Waals surface area contributed by atoms with Gasteiger partial charge in [0.25, 0.3) is 10.0 Å². The summed E-state index contributed by atoms with van der Waals surface area (Å²) in [6, 6.07) is 10.5. The molecule has 0 amide bonds. The average Bonchev–Trinajstić information content (AvgIpc) is 2.70. The summed E-state index contributed by atoms with van der Waals surface area (Å²) in [5.74, 6) is 0. The maximum Gasteiger partial charge on any atom is 0.264 e. The average molecular weight is 323 g/mol. The van der Waals surface area contributed by atoms with Crippen molar-refractivity contribution in [3.8, 4) is 0 Å². The van der Waals surface area contributed by atoms with Crippen LogP contribution >= 0.6 is 11.6 Å². The Hall–Kier alpha value is -1.59. The van der Waals surface area contributed by atoms with E-state index in [-0.39, 0.29) is 10.0 Å². The maximum absolute atomic E-state index is 12.9. The largest absolute Gasteiger partial charge is 0.266 e. The maximum atomic E-state index is 12.9. The van der Waals surface area contributed by atoms with Gasteiger partial charge in [-0.2, -0.15) is 0 Å². The standard InChI is InChI=1S/C15H15ClN2O2S/c16-15-11-13(8-9-17-15)21(19,20)18-10-4-3-6-12-5-1-2-7-14(12)18/h1-2,5,7-9,11H,3-4,6,10H2. The first kappa shape index (κ1) is 14.4. The first-order chi connectivity index (χ1) is 10.1. The van der Waals surface area contributed by atoms with E-state index in [4.69, 9.17) is 11.6 Å². The number of hydrogen-bond donors (Lipinski definition) is 0. The van der Waals surface area contributed by atoms with Gasteiger partial charge in [0.2, 0.25) is 0 Å². The van der Waals surface area contributed by atoms with E-state index in [9.17, 15) is 8.42 Å². The smallest absolute Gasteiger partial charge is 0.264 e. The molecule has 110 valence electrons. The van der Waals surface area contributed by atoms with Crippen molar-refractivity contribution in [2.45, 2.75) is 24.2 Å². The molecule has 21 heavy (non-hydrogen) atoms. The number of para-hydroxylation sites is 1. The molecule has 0 bridgehead atoms. The molecule has 6 heteroatoms. The van der Waals surface area contributed by atoms with Crippen LogP contribution in [0.1, 0.15) is 18.4 Å². The van der Waals surface area contributed by atoms with Crippen LogP contribution < -0.4 is 4.31 Å². The van der Waals surface area contributed by atoms with Gasteiger partial charge < -0.3 is 0 Å². The van der Waals surface area contributed by atoms with E-state index in [2.05, 4.69) is 4.98 Å². The molecule has 0 unspecified atom stereocenters. The molecule has 1 aromatic heterocycles. The topological polar surface area (TPSA) is 50.3 Å². The van der Waals surface area contributed by atoms with Crippen molar-refractivity contribution in [2.24, 2.45) is 0 Å². The van der Waals surface area contributed by atoms with E-state index >= 15 is 0 Å². The number of pyridine rings is 1. The molecule has 0 aliphatic carbocycles. The number of halogens is 1. The predicted octanol–water partition coefficient (Wildman–Crippen LogP) is 3.27. The summed E-state index contributed by atoms with van der Waals surface area (Å²) in [6.45, 7) is 0.485. The van der Waals surface area contributed by atoms with Crippen molar-refractivity contribution in [3.63, 3.8) is 0 Å². The fraction of sp³-hybridized carbons (Fsp3) is 0.267. The van der Waals surface area contributed by atoms with Crippen LogP contribution in [0.2, 0.25) is 5.15 Å². The second kappa shape index (κ2) is 5.66. The van der Waals surface area contributed by atoms with Gasteiger partial charge in [-0.25, -0.2) is 13.4 Å². The van der Waals surface area contributed by atoms with Crippen LogP contribution in [0.5, 0.6) is 0 Å². The number of sulfonamides is 1. The third-order valence-corrected chi connectivity index (χ3v) is 5.62. The third kappa shape index (κ3) is 2.76. The summed E-state index contributed by atoms with van der Waals surface area (Å²) in [7, 11) is -3.61. The lowest BCUT2D eigenvalue weighted by molar-refractivity contribution is 0.589. The van der Waals surface area contributed by atoms with E-state index in [1.807, 2.05) is 24.3 Å². The van der Waals surface area contributed by atoms with Gasteiger partial charge in [-0.05, 0) is 43.0 Å². The highest BCUT2D eigenvalue weighted by Crippen LogP contribution is 2.31. The van der Waals surface area contributed by atoms with Crippen LogP contribution in [0.25, 0.3) is 0 Å². The molecule has 4 nitrogen and oxygen atoms in total. The van der Waals surface area contributed by atoms with Crippen LogP contribution in [0, 0.1) is 0 Å². The minimum atomic E-state index is -3.61. The van der Waals surface area contributed by atoms with Gasteiger partial charge in [-0.15, -0.1) is 0 Å². The Kier molecular flexibility index (Phi) is 3.87. The summed E-state index contributed by atoms with van der Waals surface area (Å²) in [4.78, 5) is 4.02. The number of nitrogens with zero attached hydrogens (tertiary/aromatic N) is 2. The monoisotopic (exact) mass is 322 g/mol. The number of hydrogen-bond acceptors (Lipinski definition) is 3. The molecule has 0 spiro atoms. The Labute approximate surface area is 129 Å². The van der Waals surface area contributed by atoms with Crippen molar-refractivity contribution in [1.82, 2.24) is 4.98 Å². The SMILES string of the molecule is O=S(=O)(c1ccnc(Cl)c1)N1CCCCc2ccccc21. The van der Waals surface area contributed by atoms with Crippen molar-refractivity contribution < 1.29 is 8.42 Å². The molecule has 2 aromatic rings. The van der Waals surface area contributed by atoms with Crippen LogP contribution in [0.3, 0.4) is 0 Å². The van der Waals surface area contributed by atoms with Gasteiger partial charge >= 0.3 is 0 Å². The number of anilines is 1. The number of rotatable bonds is 2. The zero-order valence-electron chi connectivity index (χ0n) is 11.4. The lowest BCUT2D eigenvalue weighted by atomic mass is 10.1. The second-order valence-corrected chi connectivity index (χ2v) is 7.23. The number of aromatic nitrogens is 1. The molecule has 0 atom stereocenters. The second-order valence-electron chi connectivity index (χ2n) is 4.98. The highest BCUT2D eigenvalue weighted by molar-refractivity contribution is 7.92. The molecule has 0 fully saturated rings. The van der Waals surface area contributed by atoms with E-state index < -0.39 is 10.0 Å². The van der Waals surface area contributed by atoms with Crippen LogP contribution in [-0.4, -0.2) is 19.9 Å². The van der Waals surface area contributed by atoms with Gasteiger partial charge in [0.1, 0.15) is 5.15 Å². The minimum Gasteiger partial charge on any atom is -0.266 e. The number of aryl methyl sites for hydroxylation is 1.